The highest BCUT2D eigenvalue weighted by atomic mass is 16.7. The standard InChI is InChI=1S/C17H24N2O4/c1-2-7-19-8-9-21-14(11-19)5-6-18-17(20)13-3-4-15-16(10-13)23-12-22-15/h3-4,10,14H,2,5-9,11-12H2,1H3,(H,18,20). The highest BCUT2D eigenvalue weighted by Gasteiger charge is 2.20. The Hall–Kier alpha value is -1.79. The van der Waals surface area contributed by atoms with Gasteiger partial charge < -0.3 is 19.5 Å². The number of fused-ring (bicyclic) bond motifs is 1. The molecular weight excluding hydrogens is 296 g/mol. The number of carbonyl (C=O) groups excluding carboxylic acids is 1. The number of nitrogens with one attached hydrogen (secondary N) is 1. The Morgan fingerprint density at radius 3 is 3.09 bits per heavy atom. The summed E-state index contributed by atoms with van der Waals surface area (Å²) in [7, 11) is 0. The summed E-state index contributed by atoms with van der Waals surface area (Å²) in [4.78, 5) is 14.6. The molecule has 1 amide bonds. The second-order valence-corrected chi connectivity index (χ2v) is 5.91. The largest absolute Gasteiger partial charge is 0.454 e. The summed E-state index contributed by atoms with van der Waals surface area (Å²) in [5, 5.41) is 2.95. The molecule has 2 heterocycles. The van der Waals surface area contributed by atoms with Crippen molar-refractivity contribution in [2.24, 2.45) is 0 Å². The van der Waals surface area contributed by atoms with Crippen LogP contribution in [0.4, 0.5) is 0 Å². The molecule has 3 rings (SSSR count). The first-order chi connectivity index (χ1) is 11.3. The summed E-state index contributed by atoms with van der Waals surface area (Å²) in [5.74, 6) is 1.22. The molecule has 0 spiro atoms. The number of ether oxygens (including phenoxy) is 3. The van der Waals surface area contributed by atoms with Gasteiger partial charge in [0, 0.05) is 25.2 Å². The molecule has 1 aromatic rings. The van der Waals surface area contributed by atoms with Crippen molar-refractivity contribution in [1.82, 2.24) is 10.2 Å². The monoisotopic (exact) mass is 320 g/mol. The van der Waals surface area contributed by atoms with Crippen LogP contribution in [0.2, 0.25) is 0 Å². The van der Waals surface area contributed by atoms with Gasteiger partial charge >= 0.3 is 0 Å². The Kier molecular flexibility index (Phi) is 5.35. The highest BCUT2D eigenvalue weighted by molar-refractivity contribution is 5.94. The van der Waals surface area contributed by atoms with Crippen LogP contribution in [0.25, 0.3) is 0 Å². The summed E-state index contributed by atoms with van der Waals surface area (Å²) in [6.07, 6.45) is 2.19. The van der Waals surface area contributed by atoms with E-state index in [9.17, 15) is 4.79 Å². The first-order valence-electron chi connectivity index (χ1n) is 8.28. The fourth-order valence-electron chi connectivity index (χ4n) is 2.96. The van der Waals surface area contributed by atoms with E-state index in [1.54, 1.807) is 18.2 Å². The SMILES string of the molecule is CCCN1CCOC(CCNC(=O)c2ccc3c(c2)OCO3)C1. The van der Waals surface area contributed by atoms with E-state index in [1.807, 2.05) is 0 Å². The second kappa shape index (κ2) is 7.66. The molecule has 126 valence electrons. The highest BCUT2D eigenvalue weighted by Crippen LogP contribution is 2.32. The van der Waals surface area contributed by atoms with Crippen LogP contribution in [0, 0.1) is 0 Å². The van der Waals surface area contributed by atoms with Crippen LogP contribution >= 0.6 is 0 Å². The zero-order valence-corrected chi connectivity index (χ0v) is 13.5. The van der Waals surface area contributed by atoms with E-state index in [0.29, 0.717) is 23.6 Å². The van der Waals surface area contributed by atoms with Crippen molar-refractivity contribution in [3.8, 4) is 11.5 Å². The number of amides is 1. The number of hydrogen-bond donors (Lipinski definition) is 1. The summed E-state index contributed by atoms with van der Waals surface area (Å²) >= 11 is 0. The molecule has 0 aliphatic carbocycles. The summed E-state index contributed by atoms with van der Waals surface area (Å²) < 4.78 is 16.3. The van der Waals surface area contributed by atoms with Crippen LogP contribution in [-0.2, 0) is 4.74 Å². The normalized spacial score (nSPS) is 20.5. The molecule has 0 bridgehead atoms. The Morgan fingerprint density at radius 2 is 2.22 bits per heavy atom. The molecule has 6 heteroatoms. The number of carbonyl (C=O) groups is 1. The Balaban J connectivity index is 1.44. The second-order valence-electron chi connectivity index (χ2n) is 5.91. The molecule has 2 aliphatic rings. The lowest BCUT2D eigenvalue weighted by Crippen LogP contribution is -2.43. The lowest BCUT2D eigenvalue weighted by Gasteiger charge is -2.32. The van der Waals surface area contributed by atoms with Gasteiger partial charge in [0.05, 0.1) is 12.7 Å². The zero-order valence-electron chi connectivity index (χ0n) is 13.5. The molecule has 6 nitrogen and oxygen atoms in total. The number of nitrogens with zero attached hydrogens (tertiary/aromatic N) is 1. The van der Waals surface area contributed by atoms with E-state index in [0.717, 1.165) is 39.1 Å². The maximum absolute atomic E-state index is 12.2. The van der Waals surface area contributed by atoms with E-state index in [4.69, 9.17) is 14.2 Å². The van der Waals surface area contributed by atoms with Crippen LogP contribution < -0.4 is 14.8 Å². The first kappa shape index (κ1) is 16.1. The molecule has 2 aliphatic heterocycles. The van der Waals surface area contributed by atoms with Crippen molar-refractivity contribution >= 4 is 5.91 Å². The number of rotatable bonds is 6. The molecule has 0 aromatic heterocycles. The Bertz CT molecular complexity index is 547. The summed E-state index contributed by atoms with van der Waals surface area (Å²) in [5.41, 5.74) is 0.589. The van der Waals surface area contributed by atoms with Crippen LogP contribution in [0.3, 0.4) is 0 Å². The van der Waals surface area contributed by atoms with Crippen LogP contribution in [0.15, 0.2) is 18.2 Å². The molecule has 1 aromatic carbocycles. The smallest absolute Gasteiger partial charge is 0.251 e. The van der Waals surface area contributed by atoms with E-state index < -0.39 is 0 Å². The Labute approximate surface area is 136 Å². The van der Waals surface area contributed by atoms with Gasteiger partial charge in [0.1, 0.15) is 0 Å². The van der Waals surface area contributed by atoms with Crippen LogP contribution in [0.5, 0.6) is 11.5 Å². The molecule has 1 unspecified atom stereocenters. The lowest BCUT2D eigenvalue weighted by molar-refractivity contribution is -0.0312. The van der Waals surface area contributed by atoms with Gasteiger partial charge in [-0.2, -0.15) is 0 Å². The molecule has 0 radical (unpaired) electrons. The zero-order chi connectivity index (χ0) is 16.1. The van der Waals surface area contributed by atoms with Crippen molar-refractivity contribution in [2.45, 2.75) is 25.9 Å². The summed E-state index contributed by atoms with van der Waals surface area (Å²) in [6, 6.07) is 5.24. The maximum atomic E-state index is 12.2. The minimum atomic E-state index is -0.0930. The van der Waals surface area contributed by atoms with Gasteiger partial charge in [-0.1, -0.05) is 6.92 Å². The van der Waals surface area contributed by atoms with Crippen molar-refractivity contribution in [1.29, 1.82) is 0 Å². The summed E-state index contributed by atoms with van der Waals surface area (Å²) in [6.45, 7) is 6.87. The molecular formula is C17H24N2O4. The van der Waals surface area contributed by atoms with E-state index in [2.05, 4.69) is 17.1 Å². The fraction of sp³-hybridized carbons (Fsp3) is 0.588. The third-order valence-electron chi connectivity index (χ3n) is 4.15. The minimum Gasteiger partial charge on any atom is -0.454 e. The van der Waals surface area contributed by atoms with E-state index in [-0.39, 0.29) is 18.8 Å². The molecule has 0 saturated carbocycles. The quantitative estimate of drug-likeness (QED) is 0.863. The van der Waals surface area contributed by atoms with Gasteiger partial charge in [0.25, 0.3) is 5.91 Å². The van der Waals surface area contributed by atoms with Crippen LogP contribution in [0.1, 0.15) is 30.1 Å². The van der Waals surface area contributed by atoms with Gasteiger partial charge in [-0.05, 0) is 37.6 Å². The maximum Gasteiger partial charge on any atom is 0.251 e. The van der Waals surface area contributed by atoms with E-state index in [1.165, 1.54) is 0 Å². The van der Waals surface area contributed by atoms with Crippen molar-refractivity contribution in [3.05, 3.63) is 23.8 Å². The molecule has 1 N–H and O–H groups in total. The van der Waals surface area contributed by atoms with Crippen molar-refractivity contribution in [2.75, 3.05) is 39.6 Å². The first-order valence-corrected chi connectivity index (χ1v) is 8.28. The van der Waals surface area contributed by atoms with Crippen molar-refractivity contribution < 1.29 is 19.0 Å². The molecule has 23 heavy (non-hydrogen) atoms. The average Bonchev–Trinajstić information content (AvgIpc) is 3.03. The fourth-order valence-corrected chi connectivity index (χ4v) is 2.96. The minimum absolute atomic E-state index is 0.0930. The average molecular weight is 320 g/mol. The van der Waals surface area contributed by atoms with Gasteiger partial charge in [-0.3, -0.25) is 9.69 Å². The Morgan fingerprint density at radius 1 is 1.35 bits per heavy atom. The third kappa shape index (κ3) is 4.14. The molecule has 1 saturated heterocycles. The lowest BCUT2D eigenvalue weighted by atomic mass is 10.1. The molecule has 1 fully saturated rings. The number of hydrogen-bond acceptors (Lipinski definition) is 5. The van der Waals surface area contributed by atoms with Gasteiger partial charge in [-0.25, -0.2) is 0 Å². The van der Waals surface area contributed by atoms with E-state index >= 15 is 0 Å². The number of benzene rings is 1. The third-order valence-corrected chi connectivity index (χ3v) is 4.15. The predicted molar refractivity (Wildman–Crippen MR) is 86.0 cm³/mol. The molecule has 1 atom stereocenters. The van der Waals surface area contributed by atoms with Gasteiger partial charge in [-0.15, -0.1) is 0 Å². The van der Waals surface area contributed by atoms with Gasteiger partial charge in [0.15, 0.2) is 11.5 Å². The van der Waals surface area contributed by atoms with Gasteiger partial charge in [0.2, 0.25) is 6.79 Å². The topological polar surface area (TPSA) is 60.0 Å². The van der Waals surface area contributed by atoms with Crippen LogP contribution in [-0.4, -0.2) is 56.5 Å². The van der Waals surface area contributed by atoms with Crippen molar-refractivity contribution in [3.63, 3.8) is 0 Å². The predicted octanol–water partition coefficient (Wildman–Crippen LogP) is 1.65. The number of morpholine rings is 1.